The molecule has 2 aliphatic rings. The van der Waals surface area contributed by atoms with E-state index in [-0.39, 0.29) is 11.8 Å². The van der Waals surface area contributed by atoms with Crippen LogP contribution in [0.5, 0.6) is 0 Å². The van der Waals surface area contributed by atoms with Crippen LogP contribution >= 0.6 is 0 Å². The van der Waals surface area contributed by atoms with Crippen LogP contribution in [0.1, 0.15) is 36.3 Å². The average molecular weight is 347 g/mol. The van der Waals surface area contributed by atoms with Gasteiger partial charge < -0.3 is 0 Å². The van der Waals surface area contributed by atoms with Crippen molar-refractivity contribution in [2.24, 2.45) is 11.0 Å². The van der Waals surface area contributed by atoms with E-state index in [4.69, 9.17) is 0 Å². The Kier molecular flexibility index (Phi) is 5.12. The van der Waals surface area contributed by atoms with E-state index in [2.05, 4.69) is 57.9 Å². The molecule has 2 atom stereocenters. The van der Waals surface area contributed by atoms with Gasteiger partial charge in [-0.05, 0) is 23.5 Å². The third kappa shape index (κ3) is 4.20. The third-order valence-electron chi connectivity index (χ3n) is 5.36. The van der Waals surface area contributed by atoms with E-state index in [1.165, 1.54) is 11.1 Å². The molecule has 0 spiro atoms. The maximum atomic E-state index is 12.3. The van der Waals surface area contributed by atoms with Gasteiger partial charge in [0.25, 0.3) is 0 Å². The number of hydrazone groups is 1. The summed E-state index contributed by atoms with van der Waals surface area (Å²) in [6.07, 6.45) is 2.80. The van der Waals surface area contributed by atoms with E-state index in [1.54, 1.807) is 0 Å². The number of rotatable bonds is 5. The number of carbonyl (C=O) groups is 1. The summed E-state index contributed by atoms with van der Waals surface area (Å²) < 4.78 is 0. The Morgan fingerprint density at radius 3 is 2.35 bits per heavy atom. The zero-order valence-corrected chi connectivity index (χ0v) is 15.0. The Bertz CT molecular complexity index is 762. The van der Waals surface area contributed by atoms with Crippen LogP contribution in [0.15, 0.2) is 65.8 Å². The van der Waals surface area contributed by atoms with Crippen molar-refractivity contribution in [3.8, 4) is 0 Å². The van der Waals surface area contributed by atoms with E-state index in [0.29, 0.717) is 5.92 Å². The van der Waals surface area contributed by atoms with Gasteiger partial charge in [0, 0.05) is 44.1 Å². The standard InChI is InChI=1S/C22H25N3O/c26-22(21-15-20(21)18-9-5-2-6-10-18)24-23-19-11-13-25(14-12-19)16-17-7-3-1-4-8-17/h1-10,20-21H,11-16H2,(H,24,26)/t20-,21-/m0/s1. The molecule has 4 nitrogen and oxygen atoms in total. The smallest absolute Gasteiger partial charge is 0.243 e. The van der Waals surface area contributed by atoms with Crippen molar-refractivity contribution in [2.75, 3.05) is 13.1 Å². The van der Waals surface area contributed by atoms with E-state index in [0.717, 1.165) is 44.6 Å². The van der Waals surface area contributed by atoms with Gasteiger partial charge in [-0.25, -0.2) is 5.43 Å². The fourth-order valence-electron chi connectivity index (χ4n) is 3.69. The van der Waals surface area contributed by atoms with Crippen molar-refractivity contribution < 1.29 is 4.79 Å². The molecular weight excluding hydrogens is 322 g/mol. The minimum absolute atomic E-state index is 0.0677. The maximum absolute atomic E-state index is 12.3. The summed E-state index contributed by atoms with van der Waals surface area (Å²) in [6.45, 7) is 2.99. The Labute approximate surface area is 154 Å². The number of benzene rings is 2. The first-order chi connectivity index (χ1) is 12.8. The lowest BCUT2D eigenvalue weighted by Gasteiger charge is -2.27. The van der Waals surface area contributed by atoms with Gasteiger partial charge in [-0.1, -0.05) is 60.7 Å². The molecule has 2 aromatic rings. The molecule has 1 heterocycles. The molecule has 0 radical (unpaired) electrons. The molecule has 1 N–H and O–H groups in total. The lowest BCUT2D eigenvalue weighted by Crippen LogP contribution is -2.34. The second-order valence-electron chi connectivity index (χ2n) is 7.28. The first kappa shape index (κ1) is 17.0. The maximum Gasteiger partial charge on any atom is 0.243 e. The number of hydrogen-bond donors (Lipinski definition) is 1. The van der Waals surface area contributed by atoms with E-state index >= 15 is 0 Å². The number of hydrogen-bond acceptors (Lipinski definition) is 3. The molecule has 0 aromatic heterocycles. The Morgan fingerprint density at radius 2 is 1.65 bits per heavy atom. The van der Waals surface area contributed by atoms with Gasteiger partial charge >= 0.3 is 0 Å². The third-order valence-corrected chi connectivity index (χ3v) is 5.36. The van der Waals surface area contributed by atoms with Crippen molar-refractivity contribution in [1.82, 2.24) is 10.3 Å². The van der Waals surface area contributed by atoms with Gasteiger partial charge in [0.05, 0.1) is 0 Å². The van der Waals surface area contributed by atoms with Crippen LogP contribution in [-0.2, 0) is 11.3 Å². The summed E-state index contributed by atoms with van der Waals surface area (Å²) in [4.78, 5) is 14.8. The molecule has 1 saturated heterocycles. The minimum Gasteiger partial charge on any atom is -0.298 e. The highest BCUT2D eigenvalue weighted by atomic mass is 16.2. The van der Waals surface area contributed by atoms with Crippen molar-refractivity contribution in [2.45, 2.75) is 31.7 Å². The second-order valence-corrected chi connectivity index (χ2v) is 7.28. The summed E-state index contributed by atoms with van der Waals surface area (Å²) in [5, 5.41) is 4.40. The molecule has 1 aliphatic carbocycles. The number of amides is 1. The number of nitrogens with zero attached hydrogens (tertiary/aromatic N) is 2. The van der Waals surface area contributed by atoms with Gasteiger partial charge in [0.15, 0.2) is 0 Å². The van der Waals surface area contributed by atoms with Gasteiger partial charge in [0.1, 0.15) is 0 Å². The van der Waals surface area contributed by atoms with Gasteiger partial charge in [0.2, 0.25) is 5.91 Å². The van der Waals surface area contributed by atoms with Gasteiger partial charge in [-0.2, -0.15) is 5.10 Å². The molecule has 1 saturated carbocycles. The van der Waals surface area contributed by atoms with E-state index in [1.807, 2.05) is 18.2 Å². The fourth-order valence-corrected chi connectivity index (χ4v) is 3.69. The van der Waals surface area contributed by atoms with Crippen molar-refractivity contribution in [1.29, 1.82) is 0 Å². The summed E-state index contributed by atoms with van der Waals surface area (Å²) in [5.74, 6) is 0.516. The van der Waals surface area contributed by atoms with Gasteiger partial charge in [-0.3, -0.25) is 9.69 Å². The van der Waals surface area contributed by atoms with Crippen LogP contribution in [0, 0.1) is 5.92 Å². The predicted molar refractivity (Wildman–Crippen MR) is 104 cm³/mol. The van der Waals surface area contributed by atoms with Crippen LogP contribution in [0.4, 0.5) is 0 Å². The highest BCUT2D eigenvalue weighted by Gasteiger charge is 2.43. The lowest BCUT2D eigenvalue weighted by atomic mass is 10.1. The van der Waals surface area contributed by atoms with Crippen LogP contribution in [-0.4, -0.2) is 29.6 Å². The summed E-state index contributed by atoms with van der Waals surface area (Å²) in [6, 6.07) is 20.8. The second kappa shape index (κ2) is 7.83. The zero-order valence-electron chi connectivity index (χ0n) is 15.0. The molecule has 0 bridgehead atoms. The Morgan fingerprint density at radius 1 is 1.00 bits per heavy atom. The van der Waals surface area contributed by atoms with E-state index < -0.39 is 0 Å². The Balaban J connectivity index is 1.23. The topological polar surface area (TPSA) is 44.7 Å². The van der Waals surface area contributed by atoms with Crippen molar-refractivity contribution in [3.63, 3.8) is 0 Å². The molecule has 134 valence electrons. The largest absolute Gasteiger partial charge is 0.298 e. The molecule has 4 heteroatoms. The van der Waals surface area contributed by atoms with Crippen LogP contribution in [0.25, 0.3) is 0 Å². The molecule has 4 rings (SSSR count). The molecule has 1 amide bonds. The number of piperidine rings is 1. The molecule has 26 heavy (non-hydrogen) atoms. The molecule has 1 aliphatic heterocycles. The molecule has 0 unspecified atom stereocenters. The van der Waals surface area contributed by atoms with Crippen LogP contribution in [0.3, 0.4) is 0 Å². The average Bonchev–Trinajstić information content (AvgIpc) is 3.50. The minimum atomic E-state index is 0.0677. The highest BCUT2D eigenvalue weighted by molar-refractivity contribution is 5.88. The first-order valence-corrected chi connectivity index (χ1v) is 9.46. The van der Waals surface area contributed by atoms with E-state index in [9.17, 15) is 4.79 Å². The monoisotopic (exact) mass is 347 g/mol. The van der Waals surface area contributed by atoms with Crippen molar-refractivity contribution >= 4 is 11.6 Å². The number of likely N-dealkylation sites (tertiary alicyclic amines) is 1. The molecular formula is C22H25N3O. The SMILES string of the molecule is O=C(NN=C1CCN(Cc2ccccc2)CC1)[C@H]1C[C@H]1c1ccccc1. The van der Waals surface area contributed by atoms with Crippen LogP contribution < -0.4 is 5.43 Å². The number of nitrogens with one attached hydrogen (secondary N) is 1. The number of carbonyl (C=O) groups excluding carboxylic acids is 1. The first-order valence-electron chi connectivity index (χ1n) is 9.46. The fraction of sp³-hybridized carbons (Fsp3) is 0.364. The molecule has 2 aromatic carbocycles. The normalized spacial score (nSPS) is 22.7. The zero-order chi connectivity index (χ0) is 17.8. The lowest BCUT2D eigenvalue weighted by molar-refractivity contribution is -0.122. The molecule has 2 fully saturated rings. The summed E-state index contributed by atoms with van der Waals surface area (Å²) in [7, 11) is 0. The highest BCUT2D eigenvalue weighted by Crippen LogP contribution is 2.47. The summed E-state index contributed by atoms with van der Waals surface area (Å²) in [5.41, 5.74) is 6.53. The summed E-state index contributed by atoms with van der Waals surface area (Å²) >= 11 is 0. The van der Waals surface area contributed by atoms with Gasteiger partial charge in [-0.15, -0.1) is 0 Å². The predicted octanol–water partition coefficient (Wildman–Crippen LogP) is 3.56. The Hall–Kier alpha value is -2.46. The van der Waals surface area contributed by atoms with Crippen LogP contribution in [0.2, 0.25) is 0 Å². The van der Waals surface area contributed by atoms with Crippen molar-refractivity contribution in [3.05, 3.63) is 71.8 Å². The quantitative estimate of drug-likeness (QED) is 0.841.